The zero-order chi connectivity index (χ0) is 24.2. The number of methoxy groups -OCH3 is 1. The van der Waals surface area contributed by atoms with Gasteiger partial charge in [-0.1, -0.05) is 60.4 Å². The Morgan fingerprint density at radius 3 is 2.68 bits per heavy atom. The zero-order valence-electron chi connectivity index (χ0n) is 19.4. The van der Waals surface area contributed by atoms with E-state index in [1.165, 1.54) is 16.2 Å². The molecule has 0 N–H and O–H groups in total. The maximum Gasteiger partial charge on any atom is 0.267 e. The Morgan fingerprint density at radius 1 is 1.18 bits per heavy atom. The van der Waals surface area contributed by atoms with Gasteiger partial charge in [0.2, 0.25) is 0 Å². The highest BCUT2D eigenvalue weighted by Crippen LogP contribution is 2.33. The summed E-state index contributed by atoms with van der Waals surface area (Å²) in [6.07, 6.45) is 4.02. The number of nitrogens with zero attached hydrogens (tertiary/aromatic N) is 4. The Hall–Kier alpha value is -3.01. The fraction of sp³-hybridized carbons (Fsp3) is 0.280. The van der Waals surface area contributed by atoms with Crippen LogP contribution < -0.4 is 10.5 Å². The van der Waals surface area contributed by atoms with Gasteiger partial charge in [-0.3, -0.25) is 18.9 Å². The average Bonchev–Trinajstić information content (AvgIpc) is 3.09. The van der Waals surface area contributed by atoms with Gasteiger partial charge < -0.3 is 9.64 Å². The predicted octanol–water partition coefficient (Wildman–Crippen LogP) is 3.88. The van der Waals surface area contributed by atoms with Crippen molar-refractivity contribution in [3.63, 3.8) is 0 Å². The number of benzene rings is 1. The van der Waals surface area contributed by atoms with Gasteiger partial charge in [-0.05, 0) is 36.6 Å². The molecule has 0 saturated carbocycles. The molecule has 0 unspecified atom stereocenters. The van der Waals surface area contributed by atoms with Crippen LogP contribution in [0, 0.1) is 6.92 Å². The summed E-state index contributed by atoms with van der Waals surface area (Å²) in [4.78, 5) is 35.5. The second-order valence-corrected chi connectivity index (χ2v) is 9.74. The van der Waals surface area contributed by atoms with Crippen molar-refractivity contribution in [2.24, 2.45) is 0 Å². The number of thioether (sulfide) groups is 1. The topological polar surface area (TPSA) is 67.2 Å². The quantitative estimate of drug-likeness (QED) is 0.267. The van der Waals surface area contributed by atoms with Gasteiger partial charge in [0, 0.05) is 40.1 Å². The van der Waals surface area contributed by atoms with Crippen LogP contribution in [-0.2, 0) is 16.1 Å². The molecular formula is C25H26N4O3S2. The number of rotatable bonds is 8. The molecule has 3 heterocycles. The summed E-state index contributed by atoms with van der Waals surface area (Å²) in [5, 5.41) is 0. The molecule has 0 atom stereocenters. The van der Waals surface area contributed by atoms with Gasteiger partial charge in [0.05, 0.1) is 10.5 Å². The van der Waals surface area contributed by atoms with E-state index in [9.17, 15) is 9.59 Å². The fourth-order valence-corrected chi connectivity index (χ4v) is 5.13. The minimum Gasteiger partial charge on any atom is -0.385 e. The number of aromatic nitrogens is 2. The van der Waals surface area contributed by atoms with E-state index in [0.717, 1.165) is 11.1 Å². The molecule has 9 heteroatoms. The Bertz CT molecular complexity index is 1320. The first kappa shape index (κ1) is 24.1. The summed E-state index contributed by atoms with van der Waals surface area (Å²) in [7, 11) is 3.52. The molecule has 1 aliphatic rings. The second kappa shape index (κ2) is 10.5. The minimum atomic E-state index is -0.228. The maximum absolute atomic E-state index is 13.6. The van der Waals surface area contributed by atoms with Crippen molar-refractivity contribution in [2.45, 2.75) is 19.9 Å². The van der Waals surface area contributed by atoms with E-state index in [-0.39, 0.29) is 11.5 Å². The van der Waals surface area contributed by atoms with Gasteiger partial charge in [-0.25, -0.2) is 4.98 Å². The molecule has 1 aromatic carbocycles. The number of fused-ring (bicyclic) bond motifs is 1. The first-order valence-electron chi connectivity index (χ1n) is 10.9. The lowest BCUT2D eigenvalue weighted by atomic mass is 10.2. The van der Waals surface area contributed by atoms with Crippen molar-refractivity contribution in [3.8, 4) is 0 Å². The van der Waals surface area contributed by atoms with Crippen LogP contribution in [0.5, 0.6) is 0 Å². The van der Waals surface area contributed by atoms with Crippen molar-refractivity contribution < 1.29 is 9.53 Å². The fourth-order valence-electron chi connectivity index (χ4n) is 3.84. The van der Waals surface area contributed by atoms with E-state index in [2.05, 4.69) is 0 Å². The van der Waals surface area contributed by atoms with Gasteiger partial charge in [-0.2, -0.15) is 0 Å². The normalized spacial score (nSPS) is 15.0. The molecule has 0 aliphatic carbocycles. The van der Waals surface area contributed by atoms with Crippen molar-refractivity contribution >= 4 is 51.7 Å². The molecule has 0 radical (unpaired) electrons. The first-order valence-corrected chi connectivity index (χ1v) is 12.1. The number of carbonyl (C=O) groups is 1. The third-order valence-corrected chi connectivity index (χ3v) is 6.95. The number of aryl methyl sites for hydroxylation is 1. The summed E-state index contributed by atoms with van der Waals surface area (Å²) in [5.74, 6) is 0.323. The zero-order valence-corrected chi connectivity index (χ0v) is 21.0. The molecule has 1 saturated heterocycles. The lowest BCUT2D eigenvalue weighted by Crippen LogP contribution is -2.30. The van der Waals surface area contributed by atoms with E-state index >= 15 is 0 Å². The number of hydrogen-bond donors (Lipinski definition) is 0. The second-order valence-electron chi connectivity index (χ2n) is 8.06. The first-order chi connectivity index (χ1) is 16.4. The Kier molecular flexibility index (Phi) is 7.45. The van der Waals surface area contributed by atoms with Crippen LogP contribution in [-0.4, -0.2) is 51.8 Å². The van der Waals surface area contributed by atoms with Gasteiger partial charge in [0.1, 0.15) is 15.8 Å². The Morgan fingerprint density at radius 2 is 1.94 bits per heavy atom. The predicted molar refractivity (Wildman–Crippen MR) is 141 cm³/mol. The molecule has 1 fully saturated rings. The van der Waals surface area contributed by atoms with Crippen LogP contribution >= 0.6 is 24.0 Å². The van der Waals surface area contributed by atoms with Crippen LogP contribution in [0.3, 0.4) is 0 Å². The van der Waals surface area contributed by atoms with Gasteiger partial charge in [0.15, 0.2) is 0 Å². The number of pyridine rings is 1. The number of thiocarbonyl (C=S) groups is 1. The Labute approximate surface area is 208 Å². The molecule has 1 aliphatic heterocycles. The molecule has 4 rings (SSSR count). The summed E-state index contributed by atoms with van der Waals surface area (Å²) < 4.78 is 7.10. The summed E-state index contributed by atoms with van der Waals surface area (Å²) >= 11 is 6.65. The Balaban J connectivity index is 1.79. The van der Waals surface area contributed by atoms with Gasteiger partial charge in [0.25, 0.3) is 11.5 Å². The monoisotopic (exact) mass is 494 g/mol. The number of carbonyl (C=O) groups excluding carboxylic acids is 1. The maximum atomic E-state index is 13.6. The molecule has 34 heavy (non-hydrogen) atoms. The van der Waals surface area contributed by atoms with Crippen molar-refractivity contribution in [2.75, 3.05) is 32.2 Å². The molecule has 0 bridgehead atoms. The third kappa shape index (κ3) is 4.91. The number of anilines is 1. The highest BCUT2D eigenvalue weighted by molar-refractivity contribution is 8.26. The van der Waals surface area contributed by atoms with Crippen LogP contribution in [0.15, 0.2) is 58.4 Å². The lowest BCUT2D eigenvalue weighted by molar-refractivity contribution is -0.122. The van der Waals surface area contributed by atoms with E-state index in [4.69, 9.17) is 21.9 Å². The summed E-state index contributed by atoms with van der Waals surface area (Å²) in [5.41, 5.74) is 2.70. The van der Waals surface area contributed by atoms with Crippen molar-refractivity contribution in [1.82, 2.24) is 14.3 Å². The van der Waals surface area contributed by atoms with Crippen LogP contribution in [0.1, 0.15) is 23.1 Å². The van der Waals surface area contributed by atoms with Gasteiger partial charge in [-0.15, -0.1) is 0 Å². The van der Waals surface area contributed by atoms with Gasteiger partial charge >= 0.3 is 0 Å². The van der Waals surface area contributed by atoms with E-state index in [1.807, 2.05) is 61.3 Å². The standard InChI is InChI=1S/C25H26N4O3S2/c1-17-9-7-12-28-21(17)26-22(27(2)16-18-10-5-4-6-11-18)19(23(28)30)15-20-24(31)29(25(33)34-20)13-8-14-32-3/h4-7,9-12,15H,8,13-14,16H2,1-3H3/b20-15+. The largest absolute Gasteiger partial charge is 0.385 e. The molecular weight excluding hydrogens is 468 g/mol. The van der Waals surface area contributed by atoms with E-state index < -0.39 is 0 Å². The van der Waals surface area contributed by atoms with Crippen molar-refractivity contribution in [1.29, 1.82) is 0 Å². The van der Waals surface area contributed by atoms with Crippen LogP contribution in [0.25, 0.3) is 11.7 Å². The highest BCUT2D eigenvalue weighted by Gasteiger charge is 2.32. The number of ether oxygens (including phenoxy) is 1. The minimum absolute atomic E-state index is 0.198. The summed E-state index contributed by atoms with van der Waals surface area (Å²) in [6, 6.07) is 13.7. The smallest absolute Gasteiger partial charge is 0.267 e. The highest BCUT2D eigenvalue weighted by atomic mass is 32.2. The molecule has 2 aromatic heterocycles. The molecule has 1 amide bonds. The SMILES string of the molecule is COCCCN1C(=O)/C(=C\c2c(N(C)Cc3ccccc3)nc3c(C)cccn3c2=O)SC1=S. The molecule has 176 valence electrons. The number of hydrogen-bond acceptors (Lipinski definition) is 7. The average molecular weight is 495 g/mol. The van der Waals surface area contributed by atoms with Crippen molar-refractivity contribution in [3.05, 3.63) is 80.6 Å². The molecule has 3 aromatic rings. The third-order valence-electron chi connectivity index (χ3n) is 5.57. The number of amides is 1. The molecule has 7 nitrogen and oxygen atoms in total. The van der Waals surface area contributed by atoms with Crippen LogP contribution in [0.2, 0.25) is 0 Å². The van der Waals surface area contributed by atoms with Crippen LogP contribution in [0.4, 0.5) is 5.82 Å². The lowest BCUT2D eigenvalue weighted by Gasteiger charge is -2.21. The summed E-state index contributed by atoms with van der Waals surface area (Å²) in [6.45, 7) is 3.51. The van der Waals surface area contributed by atoms with E-state index in [1.54, 1.807) is 24.3 Å². The van der Waals surface area contributed by atoms with E-state index in [0.29, 0.717) is 52.4 Å². The molecule has 0 spiro atoms.